The molecule has 0 aromatic heterocycles. The number of ketones is 1. The van der Waals surface area contributed by atoms with E-state index in [1.807, 2.05) is 6.08 Å². The van der Waals surface area contributed by atoms with Crippen molar-refractivity contribution in [2.75, 3.05) is 13.2 Å². The zero-order valence-corrected chi connectivity index (χ0v) is 9.75. The second-order valence-corrected chi connectivity index (χ2v) is 5.27. The van der Waals surface area contributed by atoms with Gasteiger partial charge in [0.15, 0.2) is 11.6 Å². The molecular formula is C13H18O3. The van der Waals surface area contributed by atoms with E-state index >= 15 is 0 Å². The average Bonchev–Trinajstić information content (AvgIpc) is 2.72. The molecule has 0 amide bonds. The van der Waals surface area contributed by atoms with Crippen LogP contribution in [0.3, 0.4) is 0 Å². The SMILES string of the molecule is C[C@@]12CCC(=O)C=C1CCCC21OCCO1. The average molecular weight is 222 g/mol. The number of hydrogen-bond acceptors (Lipinski definition) is 3. The van der Waals surface area contributed by atoms with Crippen LogP contribution >= 0.6 is 0 Å². The summed E-state index contributed by atoms with van der Waals surface area (Å²) in [7, 11) is 0. The smallest absolute Gasteiger partial charge is 0.177 e. The maximum Gasteiger partial charge on any atom is 0.177 e. The predicted molar refractivity (Wildman–Crippen MR) is 58.9 cm³/mol. The summed E-state index contributed by atoms with van der Waals surface area (Å²) in [5, 5.41) is 0. The van der Waals surface area contributed by atoms with Crippen molar-refractivity contribution in [3.05, 3.63) is 11.6 Å². The number of fused-ring (bicyclic) bond motifs is 2. The molecule has 1 saturated carbocycles. The number of carbonyl (C=O) groups is 1. The monoisotopic (exact) mass is 222 g/mol. The molecular weight excluding hydrogens is 204 g/mol. The van der Waals surface area contributed by atoms with Crippen molar-refractivity contribution < 1.29 is 14.3 Å². The van der Waals surface area contributed by atoms with Crippen LogP contribution in [0.5, 0.6) is 0 Å². The van der Waals surface area contributed by atoms with Gasteiger partial charge in [-0.05, 0) is 25.3 Å². The minimum atomic E-state index is -0.433. The van der Waals surface area contributed by atoms with Gasteiger partial charge >= 0.3 is 0 Å². The fraction of sp³-hybridized carbons (Fsp3) is 0.769. The molecule has 0 radical (unpaired) electrons. The first-order valence-corrected chi connectivity index (χ1v) is 6.18. The Bertz CT molecular complexity index is 352. The van der Waals surface area contributed by atoms with E-state index in [1.54, 1.807) is 0 Å². The Morgan fingerprint density at radius 3 is 2.69 bits per heavy atom. The minimum Gasteiger partial charge on any atom is -0.347 e. The van der Waals surface area contributed by atoms with Gasteiger partial charge in [-0.25, -0.2) is 0 Å². The lowest BCUT2D eigenvalue weighted by atomic mass is 9.62. The highest BCUT2D eigenvalue weighted by Gasteiger charge is 2.57. The van der Waals surface area contributed by atoms with Crippen molar-refractivity contribution in [1.82, 2.24) is 0 Å². The molecule has 0 bridgehead atoms. The highest BCUT2D eigenvalue weighted by atomic mass is 16.7. The second-order valence-electron chi connectivity index (χ2n) is 5.27. The molecule has 1 saturated heterocycles. The Morgan fingerprint density at radius 1 is 1.19 bits per heavy atom. The standard InChI is InChI=1S/C13H18O3/c1-12-6-4-11(14)9-10(12)3-2-5-13(12)15-7-8-16-13/h9H,2-8H2,1H3/t12-/m1/s1. The quantitative estimate of drug-likeness (QED) is 0.630. The van der Waals surface area contributed by atoms with Crippen LogP contribution < -0.4 is 0 Å². The number of carbonyl (C=O) groups excluding carboxylic acids is 1. The van der Waals surface area contributed by atoms with Gasteiger partial charge in [0, 0.05) is 18.3 Å². The number of ether oxygens (including phenoxy) is 2. The first kappa shape index (κ1) is 10.5. The third-order valence-electron chi connectivity index (χ3n) is 4.46. The van der Waals surface area contributed by atoms with Gasteiger partial charge in [0.05, 0.1) is 13.2 Å². The molecule has 1 atom stereocenters. The predicted octanol–water partition coefficient (Wildman–Crippen LogP) is 2.21. The Hall–Kier alpha value is -0.670. The lowest BCUT2D eigenvalue weighted by Crippen LogP contribution is -2.52. The molecule has 88 valence electrons. The molecule has 3 aliphatic rings. The summed E-state index contributed by atoms with van der Waals surface area (Å²) < 4.78 is 11.8. The van der Waals surface area contributed by atoms with Crippen LogP contribution in [0.25, 0.3) is 0 Å². The lowest BCUT2D eigenvalue weighted by molar-refractivity contribution is -0.237. The molecule has 2 aliphatic carbocycles. The number of hydrogen-bond donors (Lipinski definition) is 0. The van der Waals surface area contributed by atoms with Crippen LogP contribution in [0.2, 0.25) is 0 Å². The van der Waals surface area contributed by atoms with Gasteiger partial charge in [-0.1, -0.05) is 12.5 Å². The molecule has 3 heteroatoms. The van der Waals surface area contributed by atoms with Crippen molar-refractivity contribution in [3.8, 4) is 0 Å². The first-order valence-electron chi connectivity index (χ1n) is 6.18. The Balaban J connectivity index is 2.03. The number of allylic oxidation sites excluding steroid dienone is 1. The summed E-state index contributed by atoms with van der Waals surface area (Å²) in [6.45, 7) is 3.59. The molecule has 16 heavy (non-hydrogen) atoms. The van der Waals surface area contributed by atoms with E-state index in [-0.39, 0.29) is 11.2 Å². The third-order valence-corrected chi connectivity index (χ3v) is 4.46. The summed E-state index contributed by atoms with van der Waals surface area (Å²) in [5.74, 6) is -0.167. The molecule has 2 fully saturated rings. The van der Waals surface area contributed by atoms with Gasteiger partial charge in [0.25, 0.3) is 0 Å². The summed E-state index contributed by atoms with van der Waals surface area (Å²) in [6.07, 6.45) is 6.40. The van der Waals surface area contributed by atoms with E-state index in [1.165, 1.54) is 5.57 Å². The molecule has 0 aromatic carbocycles. The van der Waals surface area contributed by atoms with Crippen LogP contribution in [0.4, 0.5) is 0 Å². The number of rotatable bonds is 0. The van der Waals surface area contributed by atoms with E-state index in [2.05, 4.69) is 6.92 Å². The minimum absolute atomic E-state index is 0.0738. The van der Waals surface area contributed by atoms with E-state index in [9.17, 15) is 4.79 Å². The molecule has 1 heterocycles. The third kappa shape index (κ3) is 1.25. The Labute approximate surface area is 95.8 Å². The van der Waals surface area contributed by atoms with Gasteiger partial charge in [0.1, 0.15) is 0 Å². The van der Waals surface area contributed by atoms with E-state index in [0.29, 0.717) is 19.6 Å². The van der Waals surface area contributed by atoms with Gasteiger partial charge < -0.3 is 9.47 Å². The second kappa shape index (κ2) is 3.41. The van der Waals surface area contributed by atoms with Gasteiger partial charge in [-0.3, -0.25) is 4.79 Å². The largest absolute Gasteiger partial charge is 0.347 e. The van der Waals surface area contributed by atoms with Gasteiger partial charge in [-0.2, -0.15) is 0 Å². The molecule has 0 unspecified atom stereocenters. The first-order chi connectivity index (χ1) is 7.66. The van der Waals surface area contributed by atoms with Crippen molar-refractivity contribution in [2.45, 2.75) is 44.8 Å². The Morgan fingerprint density at radius 2 is 1.94 bits per heavy atom. The van der Waals surface area contributed by atoms with Crippen molar-refractivity contribution >= 4 is 5.78 Å². The van der Waals surface area contributed by atoms with Gasteiger partial charge in [-0.15, -0.1) is 0 Å². The van der Waals surface area contributed by atoms with E-state index < -0.39 is 5.79 Å². The summed E-state index contributed by atoms with van der Waals surface area (Å²) in [5.41, 5.74) is 1.17. The fourth-order valence-electron chi connectivity index (χ4n) is 3.45. The topological polar surface area (TPSA) is 35.5 Å². The molecule has 1 aliphatic heterocycles. The van der Waals surface area contributed by atoms with Crippen molar-refractivity contribution in [3.63, 3.8) is 0 Å². The lowest BCUT2D eigenvalue weighted by Gasteiger charge is -2.50. The zero-order valence-electron chi connectivity index (χ0n) is 9.75. The molecule has 0 aromatic rings. The van der Waals surface area contributed by atoms with Crippen LogP contribution in [0, 0.1) is 5.41 Å². The van der Waals surface area contributed by atoms with Crippen LogP contribution in [0.1, 0.15) is 39.0 Å². The fourth-order valence-corrected chi connectivity index (χ4v) is 3.45. The zero-order chi connectivity index (χ0) is 11.2. The maximum absolute atomic E-state index is 11.5. The summed E-state index contributed by atoms with van der Waals surface area (Å²) in [6, 6.07) is 0. The molecule has 0 N–H and O–H groups in total. The summed E-state index contributed by atoms with van der Waals surface area (Å²) >= 11 is 0. The van der Waals surface area contributed by atoms with Crippen LogP contribution in [-0.4, -0.2) is 24.8 Å². The maximum atomic E-state index is 11.5. The van der Waals surface area contributed by atoms with Crippen molar-refractivity contribution in [2.24, 2.45) is 5.41 Å². The van der Waals surface area contributed by atoms with E-state index in [4.69, 9.17) is 9.47 Å². The van der Waals surface area contributed by atoms with Crippen molar-refractivity contribution in [1.29, 1.82) is 0 Å². The Kier molecular flexibility index (Phi) is 2.23. The molecule has 3 nitrogen and oxygen atoms in total. The summed E-state index contributed by atoms with van der Waals surface area (Å²) in [4.78, 5) is 11.5. The normalized spacial score (nSPS) is 37.3. The molecule has 3 rings (SSSR count). The molecule has 1 spiro atoms. The highest BCUT2D eigenvalue weighted by Crippen LogP contribution is 2.55. The van der Waals surface area contributed by atoms with Crippen LogP contribution in [-0.2, 0) is 14.3 Å². The highest BCUT2D eigenvalue weighted by molar-refractivity contribution is 5.91. The van der Waals surface area contributed by atoms with Gasteiger partial charge in [0.2, 0.25) is 0 Å². The van der Waals surface area contributed by atoms with Crippen LogP contribution in [0.15, 0.2) is 11.6 Å². The van der Waals surface area contributed by atoms with E-state index in [0.717, 1.165) is 25.7 Å².